The van der Waals surface area contributed by atoms with E-state index in [0.717, 1.165) is 14.7 Å². The average molecular weight is 496 g/mol. The van der Waals surface area contributed by atoms with Gasteiger partial charge in [-0.15, -0.1) is 0 Å². The van der Waals surface area contributed by atoms with E-state index in [4.69, 9.17) is 19.9 Å². The van der Waals surface area contributed by atoms with E-state index < -0.39 is 41.8 Å². The number of nitrogens with zero attached hydrogens (tertiary/aromatic N) is 2. The molecule has 0 aliphatic heterocycles. The van der Waals surface area contributed by atoms with Crippen molar-refractivity contribution < 1.29 is 23.8 Å². The fourth-order valence-electron chi connectivity index (χ4n) is 3.36. The Labute approximate surface area is 207 Å². The van der Waals surface area contributed by atoms with Gasteiger partial charge in [0.25, 0.3) is 5.56 Å². The first-order chi connectivity index (χ1) is 17.2. The van der Waals surface area contributed by atoms with Gasteiger partial charge in [-0.25, -0.2) is 9.59 Å². The van der Waals surface area contributed by atoms with Crippen LogP contribution in [0.15, 0.2) is 64.2 Å². The highest BCUT2D eigenvalue weighted by Gasteiger charge is 2.23. The molecule has 10 heteroatoms. The number of rotatable bonds is 11. The lowest BCUT2D eigenvalue weighted by Gasteiger charge is -2.16. The zero-order valence-corrected chi connectivity index (χ0v) is 20.4. The summed E-state index contributed by atoms with van der Waals surface area (Å²) in [4.78, 5) is 49.5. The summed E-state index contributed by atoms with van der Waals surface area (Å²) in [6.45, 7) is 3.22. The molecule has 1 aromatic heterocycles. The molecule has 0 amide bonds. The number of Topliss-reactive ketones (excluding diaryl/α,β-unsaturated/α-hetero) is 1. The molecule has 3 aromatic rings. The first-order valence-corrected chi connectivity index (χ1v) is 11.3. The van der Waals surface area contributed by atoms with Crippen molar-refractivity contribution in [1.82, 2.24) is 9.13 Å². The molecule has 0 unspecified atom stereocenters. The fourth-order valence-corrected chi connectivity index (χ4v) is 3.36. The van der Waals surface area contributed by atoms with Crippen molar-refractivity contribution in [3.63, 3.8) is 0 Å². The van der Waals surface area contributed by atoms with Gasteiger partial charge in [0, 0.05) is 13.6 Å². The van der Waals surface area contributed by atoms with E-state index in [-0.39, 0.29) is 18.3 Å². The highest BCUT2D eigenvalue weighted by atomic mass is 16.6. The maximum Gasteiger partial charge on any atom is 0.344 e. The average Bonchev–Trinajstić information content (AvgIpc) is 2.87. The number of carbonyl (C=O) groups is 2. The van der Waals surface area contributed by atoms with Crippen molar-refractivity contribution >= 4 is 17.6 Å². The quantitative estimate of drug-likeness (QED) is 0.316. The van der Waals surface area contributed by atoms with Gasteiger partial charge >= 0.3 is 11.7 Å². The predicted octanol–water partition coefficient (Wildman–Crippen LogP) is 2.17. The number of carbonyl (C=O) groups excluding carboxylic acids is 2. The Bertz CT molecular complexity index is 1330. The molecule has 2 aromatic carbocycles. The van der Waals surface area contributed by atoms with Crippen molar-refractivity contribution in [2.45, 2.75) is 27.0 Å². The van der Waals surface area contributed by atoms with E-state index in [0.29, 0.717) is 18.1 Å². The Morgan fingerprint density at radius 2 is 1.53 bits per heavy atom. The first kappa shape index (κ1) is 26.3. The summed E-state index contributed by atoms with van der Waals surface area (Å²) in [5.41, 5.74) is 5.14. The molecular weight excluding hydrogens is 466 g/mol. The van der Waals surface area contributed by atoms with Crippen LogP contribution in [0.1, 0.15) is 29.8 Å². The van der Waals surface area contributed by atoms with Gasteiger partial charge in [-0.05, 0) is 35.7 Å². The third-order valence-corrected chi connectivity index (χ3v) is 5.20. The van der Waals surface area contributed by atoms with Crippen molar-refractivity contribution in [2.75, 3.05) is 18.9 Å². The molecule has 0 aliphatic carbocycles. The van der Waals surface area contributed by atoms with Crippen LogP contribution in [0.5, 0.6) is 11.5 Å². The van der Waals surface area contributed by atoms with Gasteiger partial charge in [0.15, 0.2) is 13.2 Å². The highest BCUT2D eigenvalue weighted by Crippen LogP contribution is 2.19. The monoisotopic (exact) mass is 495 g/mol. The zero-order chi connectivity index (χ0) is 26.2. The summed E-state index contributed by atoms with van der Waals surface area (Å²) in [5.74, 6) is -0.771. The zero-order valence-electron chi connectivity index (χ0n) is 20.4. The van der Waals surface area contributed by atoms with E-state index in [1.807, 2.05) is 44.2 Å². The number of esters is 1. The molecular formula is C26H29N3O7. The van der Waals surface area contributed by atoms with Gasteiger partial charge in [-0.1, -0.05) is 44.2 Å². The summed E-state index contributed by atoms with van der Waals surface area (Å²) in [7, 11) is 1.26. The van der Waals surface area contributed by atoms with E-state index >= 15 is 0 Å². The predicted molar refractivity (Wildman–Crippen MR) is 133 cm³/mol. The Morgan fingerprint density at radius 3 is 2.14 bits per heavy atom. The second-order valence-corrected chi connectivity index (χ2v) is 8.53. The molecule has 3 rings (SSSR count). The lowest BCUT2D eigenvalue weighted by Crippen LogP contribution is -2.43. The van der Waals surface area contributed by atoms with Crippen LogP contribution in [0.4, 0.5) is 5.82 Å². The van der Waals surface area contributed by atoms with Crippen molar-refractivity contribution in [3.05, 3.63) is 86.6 Å². The molecule has 1 heterocycles. The number of nitrogen functional groups attached to an aromatic ring is 1. The summed E-state index contributed by atoms with van der Waals surface area (Å²) >= 11 is 0. The Hall–Kier alpha value is -4.34. The Kier molecular flexibility index (Phi) is 8.66. The van der Waals surface area contributed by atoms with E-state index in [1.54, 1.807) is 24.3 Å². The molecule has 0 bridgehead atoms. The third-order valence-electron chi connectivity index (χ3n) is 5.20. The molecule has 0 radical (unpaired) electrons. The number of benzene rings is 2. The van der Waals surface area contributed by atoms with Crippen LogP contribution in [0.3, 0.4) is 0 Å². The van der Waals surface area contributed by atoms with E-state index in [1.165, 1.54) is 7.05 Å². The summed E-state index contributed by atoms with van der Waals surface area (Å²) in [6.07, 6.45) is 0. The summed E-state index contributed by atoms with van der Waals surface area (Å²) in [5, 5.41) is 0. The van der Waals surface area contributed by atoms with Gasteiger partial charge in [-0.3, -0.25) is 18.7 Å². The van der Waals surface area contributed by atoms with E-state index in [9.17, 15) is 19.2 Å². The molecule has 36 heavy (non-hydrogen) atoms. The topological polar surface area (TPSA) is 132 Å². The highest BCUT2D eigenvalue weighted by molar-refractivity contribution is 6.01. The molecule has 190 valence electrons. The van der Waals surface area contributed by atoms with Crippen LogP contribution in [0, 0.1) is 5.92 Å². The second-order valence-electron chi connectivity index (χ2n) is 8.53. The molecule has 10 nitrogen and oxygen atoms in total. The van der Waals surface area contributed by atoms with Gasteiger partial charge in [0.1, 0.15) is 29.5 Å². The Balaban J connectivity index is 1.54. The summed E-state index contributed by atoms with van der Waals surface area (Å²) < 4.78 is 18.0. The standard InChI is InChI=1S/C26H29N3O7/c1-17(2)13-29-24(27)23(25(32)28(3)26(29)33)21(30)15-36-22(31)16-35-20-11-9-19(10-12-20)34-14-18-7-5-4-6-8-18/h4-12,17H,13-16,27H2,1-3H3. The van der Waals surface area contributed by atoms with Gasteiger partial charge in [0.05, 0.1) is 0 Å². The van der Waals surface area contributed by atoms with Crippen molar-refractivity contribution in [2.24, 2.45) is 13.0 Å². The van der Waals surface area contributed by atoms with Crippen LogP contribution in [0.25, 0.3) is 0 Å². The van der Waals surface area contributed by atoms with Crippen LogP contribution in [0.2, 0.25) is 0 Å². The number of ether oxygens (including phenoxy) is 3. The SMILES string of the molecule is CC(C)Cn1c(N)c(C(=O)COC(=O)COc2ccc(OCc3ccccc3)cc2)c(=O)n(C)c1=O. The molecule has 0 atom stereocenters. The molecule has 0 aliphatic rings. The van der Waals surface area contributed by atoms with E-state index in [2.05, 4.69) is 0 Å². The van der Waals surface area contributed by atoms with Crippen LogP contribution in [-0.2, 0) is 29.7 Å². The number of nitrogens with two attached hydrogens (primary N) is 1. The lowest BCUT2D eigenvalue weighted by molar-refractivity contribution is -0.144. The minimum atomic E-state index is -0.843. The Morgan fingerprint density at radius 1 is 0.917 bits per heavy atom. The van der Waals surface area contributed by atoms with Gasteiger partial charge in [-0.2, -0.15) is 0 Å². The van der Waals surface area contributed by atoms with Crippen LogP contribution >= 0.6 is 0 Å². The number of ketones is 1. The van der Waals surface area contributed by atoms with Crippen molar-refractivity contribution in [3.8, 4) is 11.5 Å². The van der Waals surface area contributed by atoms with Crippen LogP contribution in [-0.4, -0.2) is 34.1 Å². The molecule has 0 saturated carbocycles. The minimum absolute atomic E-state index is 0.0462. The fraction of sp³-hybridized carbons (Fsp3) is 0.308. The maximum absolute atomic E-state index is 12.6. The number of hydrogen-bond donors (Lipinski definition) is 1. The number of aromatic nitrogens is 2. The second kappa shape index (κ2) is 11.9. The molecule has 0 fully saturated rings. The number of anilines is 1. The molecule has 0 saturated heterocycles. The molecule has 2 N–H and O–H groups in total. The normalized spacial score (nSPS) is 10.8. The first-order valence-electron chi connectivity index (χ1n) is 11.3. The summed E-state index contributed by atoms with van der Waals surface area (Å²) in [6, 6.07) is 16.4. The largest absolute Gasteiger partial charge is 0.489 e. The smallest absolute Gasteiger partial charge is 0.344 e. The van der Waals surface area contributed by atoms with Crippen LogP contribution < -0.4 is 26.5 Å². The number of hydrogen-bond acceptors (Lipinski definition) is 8. The maximum atomic E-state index is 12.6. The third kappa shape index (κ3) is 6.62. The lowest BCUT2D eigenvalue weighted by atomic mass is 10.1. The molecule has 0 spiro atoms. The van der Waals surface area contributed by atoms with Gasteiger partial charge < -0.3 is 19.9 Å². The van der Waals surface area contributed by atoms with Crippen molar-refractivity contribution in [1.29, 1.82) is 0 Å². The van der Waals surface area contributed by atoms with Gasteiger partial charge in [0.2, 0.25) is 5.78 Å². The minimum Gasteiger partial charge on any atom is -0.489 e.